The normalized spacial score (nSPS) is 11.0. The SMILES string of the molecule is Cc1c(C(=O)O)sc2cc(=O)n(Cc3ccccc3)c(=O)n12. The summed E-state index contributed by atoms with van der Waals surface area (Å²) in [7, 11) is 0. The molecular weight excluding hydrogens is 304 g/mol. The zero-order valence-electron chi connectivity index (χ0n) is 11.6. The Morgan fingerprint density at radius 2 is 1.91 bits per heavy atom. The summed E-state index contributed by atoms with van der Waals surface area (Å²) >= 11 is 0.925. The van der Waals surface area contributed by atoms with Gasteiger partial charge < -0.3 is 5.11 Å². The smallest absolute Gasteiger partial charge is 0.347 e. The van der Waals surface area contributed by atoms with Crippen molar-refractivity contribution in [3.63, 3.8) is 0 Å². The first kappa shape index (κ1) is 14.3. The molecule has 0 spiro atoms. The van der Waals surface area contributed by atoms with Gasteiger partial charge in [-0.3, -0.25) is 13.8 Å². The summed E-state index contributed by atoms with van der Waals surface area (Å²) in [5.74, 6) is -1.10. The van der Waals surface area contributed by atoms with E-state index in [2.05, 4.69) is 0 Å². The largest absolute Gasteiger partial charge is 0.477 e. The Balaban J connectivity index is 2.24. The number of carboxylic acid groups (broad SMARTS) is 1. The minimum absolute atomic E-state index is 0.0639. The Labute approximate surface area is 128 Å². The number of benzene rings is 1. The number of fused-ring (bicyclic) bond motifs is 1. The molecule has 1 aromatic carbocycles. The van der Waals surface area contributed by atoms with Gasteiger partial charge in [-0.2, -0.15) is 0 Å². The van der Waals surface area contributed by atoms with Gasteiger partial charge in [-0.25, -0.2) is 9.59 Å². The zero-order chi connectivity index (χ0) is 15.9. The lowest BCUT2D eigenvalue weighted by Gasteiger charge is -2.06. The Morgan fingerprint density at radius 3 is 2.55 bits per heavy atom. The summed E-state index contributed by atoms with van der Waals surface area (Å²) in [5, 5.41) is 9.14. The molecule has 0 radical (unpaired) electrons. The van der Waals surface area contributed by atoms with Crippen LogP contribution >= 0.6 is 11.3 Å². The van der Waals surface area contributed by atoms with E-state index in [9.17, 15) is 14.4 Å². The monoisotopic (exact) mass is 316 g/mol. The molecule has 0 aliphatic carbocycles. The maximum Gasteiger partial charge on any atom is 0.347 e. The van der Waals surface area contributed by atoms with Gasteiger partial charge in [-0.1, -0.05) is 30.3 Å². The second kappa shape index (κ2) is 5.27. The van der Waals surface area contributed by atoms with Crippen LogP contribution in [0, 0.1) is 6.92 Å². The lowest BCUT2D eigenvalue weighted by atomic mass is 10.2. The van der Waals surface area contributed by atoms with Gasteiger partial charge >= 0.3 is 11.7 Å². The summed E-state index contributed by atoms with van der Waals surface area (Å²) in [6.45, 7) is 1.71. The minimum atomic E-state index is -1.10. The van der Waals surface area contributed by atoms with E-state index in [0.717, 1.165) is 21.5 Å². The fraction of sp³-hybridized carbons (Fsp3) is 0.133. The maximum atomic E-state index is 12.6. The highest BCUT2D eigenvalue weighted by Gasteiger charge is 2.18. The molecule has 0 aliphatic rings. The molecule has 112 valence electrons. The number of aryl methyl sites for hydroxylation is 1. The Bertz CT molecular complexity index is 982. The lowest BCUT2D eigenvalue weighted by molar-refractivity contribution is 0.0701. The van der Waals surface area contributed by atoms with Crippen molar-refractivity contribution in [3.8, 4) is 0 Å². The number of nitrogens with zero attached hydrogens (tertiary/aromatic N) is 2. The number of hydrogen-bond acceptors (Lipinski definition) is 4. The van der Waals surface area contributed by atoms with Crippen LogP contribution in [-0.4, -0.2) is 20.0 Å². The van der Waals surface area contributed by atoms with E-state index in [1.807, 2.05) is 30.3 Å². The molecular formula is C15H12N2O4S. The van der Waals surface area contributed by atoms with Gasteiger partial charge in [0.1, 0.15) is 9.71 Å². The topological polar surface area (TPSA) is 80.8 Å². The second-order valence-electron chi connectivity index (χ2n) is 4.83. The number of rotatable bonds is 3. The first-order valence-electron chi connectivity index (χ1n) is 6.52. The molecule has 0 unspecified atom stereocenters. The van der Waals surface area contributed by atoms with Crippen molar-refractivity contribution in [1.82, 2.24) is 8.97 Å². The average molecular weight is 316 g/mol. The van der Waals surface area contributed by atoms with E-state index in [4.69, 9.17) is 5.11 Å². The highest BCUT2D eigenvalue weighted by atomic mass is 32.1. The van der Waals surface area contributed by atoms with Crippen LogP contribution < -0.4 is 11.2 Å². The van der Waals surface area contributed by atoms with Crippen LogP contribution in [0.4, 0.5) is 0 Å². The van der Waals surface area contributed by atoms with Crippen molar-refractivity contribution in [2.45, 2.75) is 13.5 Å². The molecule has 2 heterocycles. The molecule has 6 nitrogen and oxygen atoms in total. The zero-order valence-corrected chi connectivity index (χ0v) is 12.5. The molecule has 0 fully saturated rings. The average Bonchev–Trinajstić information content (AvgIpc) is 2.81. The molecule has 3 rings (SSSR count). The molecule has 0 amide bonds. The molecule has 0 saturated heterocycles. The standard InChI is InChI=1S/C15H12N2O4S/c1-9-13(14(19)20)22-12-7-11(18)16(15(21)17(9)12)8-10-5-3-2-4-6-10/h2-7H,8H2,1H3,(H,19,20). The van der Waals surface area contributed by atoms with E-state index >= 15 is 0 Å². The summed E-state index contributed by atoms with van der Waals surface area (Å²) in [6.07, 6.45) is 0. The van der Waals surface area contributed by atoms with Gasteiger partial charge in [0.25, 0.3) is 5.56 Å². The van der Waals surface area contributed by atoms with Crippen LogP contribution in [0.2, 0.25) is 0 Å². The molecule has 0 saturated carbocycles. The van der Waals surface area contributed by atoms with Gasteiger partial charge in [0.15, 0.2) is 0 Å². The van der Waals surface area contributed by atoms with E-state index in [1.165, 1.54) is 10.5 Å². The predicted molar refractivity (Wildman–Crippen MR) is 83.0 cm³/mol. The van der Waals surface area contributed by atoms with Crippen molar-refractivity contribution in [1.29, 1.82) is 0 Å². The summed E-state index contributed by atoms with van der Waals surface area (Å²) < 4.78 is 2.38. The first-order valence-corrected chi connectivity index (χ1v) is 7.34. The maximum absolute atomic E-state index is 12.6. The van der Waals surface area contributed by atoms with Gasteiger partial charge in [0.05, 0.1) is 12.2 Å². The molecule has 22 heavy (non-hydrogen) atoms. The van der Waals surface area contributed by atoms with Crippen LogP contribution in [0.3, 0.4) is 0 Å². The van der Waals surface area contributed by atoms with Crippen molar-refractivity contribution in [2.75, 3.05) is 0 Å². The highest BCUT2D eigenvalue weighted by Crippen LogP contribution is 2.20. The Morgan fingerprint density at radius 1 is 1.23 bits per heavy atom. The number of carbonyl (C=O) groups is 1. The third-order valence-corrected chi connectivity index (χ3v) is 4.59. The summed E-state index contributed by atoms with van der Waals surface area (Å²) in [6, 6.07) is 10.5. The quantitative estimate of drug-likeness (QED) is 0.795. The van der Waals surface area contributed by atoms with Crippen LogP contribution in [-0.2, 0) is 6.54 Å². The summed E-state index contributed by atoms with van der Waals surface area (Å²) in [4.78, 5) is 36.3. The Kier molecular flexibility index (Phi) is 3.42. The number of carboxylic acids is 1. The van der Waals surface area contributed by atoms with Crippen LogP contribution in [0.25, 0.3) is 4.83 Å². The fourth-order valence-corrected chi connectivity index (χ4v) is 3.33. The van der Waals surface area contributed by atoms with Gasteiger partial charge in [-0.05, 0) is 12.5 Å². The third kappa shape index (κ3) is 2.25. The van der Waals surface area contributed by atoms with Crippen molar-refractivity contribution in [3.05, 3.63) is 73.4 Å². The number of aromatic carboxylic acids is 1. The second-order valence-corrected chi connectivity index (χ2v) is 5.86. The van der Waals surface area contributed by atoms with E-state index < -0.39 is 17.2 Å². The van der Waals surface area contributed by atoms with Crippen molar-refractivity contribution >= 4 is 22.1 Å². The number of thiazole rings is 1. The van der Waals surface area contributed by atoms with Gasteiger partial charge in [-0.15, -0.1) is 11.3 Å². The third-order valence-electron chi connectivity index (χ3n) is 3.40. The summed E-state index contributed by atoms with van der Waals surface area (Å²) in [5.41, 5.74) is 0.201. The predicted octanol–water partition coefficient (Wildman–Crippen LogP) is 1.58. The molecule has 7 heteroatoms. The molecule has 0 atom stereocenters. The van der Waals surface area contributed by atoms with Crippen LogP contribution in [0.5, 0.6) is 0 Å². The Hall–Kier alpha value is -2.67. The molecule has 2 aromatic heterocycles. The van der Waals surface area contributed by atoms with E-state index in [-0.39, 0.29) is 11.4 Å². The van der Waals surface area contributed by atoms with Crippen molar-refractivity contribution in [2.24, 2.45) is 0 Å². The molecule has 0 bridgehead atoms. The molecule has 0 aliphatic heterocycles. The number of aromatic nitrogens is 2. The molecule has 3 aromatic rings. The van der Waals surface area contributed by atoms with Crippen LogP contribution in [0.1, 0.15) is 20.9 Å². The van der Waals surface area contributed by atoms with Gasteiger partial charge in [0, 0.05) is 6.07 Å². The van der Waals surface area contributed by atoms with Crippen LogP contribution in [0.15, 0.2) is 46.0 Å². The van der Waals surface area contributed by atoms with E-state index in [0.29, 0.717) is 10.5 Å². The van der Waals surface area contributed by atoms with Crippen molar-refractivity contribution < 1.29 is 9.90 Å². The number of hydrogen-bond donors (Lipinski definition) is 1. The minimum Gasteiger partial charge on any atom is -0.477 e. The highest BCUT2D eigenvalue weighted by molar-refractivity contribution is 7.19. The first-order chi connectivity index (χ1) is 10.5. The lowest BCUT2D eigenvalue weighted by Crippen LogP contribution is -2.37. The van der Waals surface area contributed by atoms with Gasteiger partial charge in [0.2, 0.25) is 0 Å². The van der Waals surface area contributed by atoms with E-state index in [1.54, 1.807) is 6.92 Å². The fourth-order valence-electron chi connectivity index (χ4n) is 2.33. The molecule has 1 N–H and O–H groups in total.